The molecule has 1 aromatic carbocycles. The second kappa shape index (κ2) is 5.29. The Bertz CT molecular complexity index is 623. The van der Waals surface area contributed by atoms with Crippen molar-refractivity contribution in [3.05, 3.63) is 23.8 Å². The van der Waals surface area contributed by atoms with Gasteiger partial charge in [0.25, 0.3) is 0 Å². The molecular weight excluding hydrogens is 288 g/mol. The Morgan fingerprint density at radius 3 is 2.50 bits per heavy atom. The van der Waals surface area contributed by atoms with E-state index >= 15 is 0 Å². The van der Waals surface area contributed by atoms with E-state index in [-0.39, 0.29) is 28.6 Å². The minimum absolute atomic E-state index is 0.0175. The lowest BCUT2D eigenvalue weighted by Gasteiger charge is -2.18. The van der Waals surface area contributed by atoms with Crippen LogP contribution in [0.15, 0.2) is 18.2 Å². The number of hydrogen-bond acceptors (Lipinski definition) is 6. The average molecular weight is 302 g/mol. The number of hydrogen-bond donors (Lipinski definition) is 2. The molecule has 2 unspecified atom stereocenters. The molecule has 1 saturated heterocycles. The van der Waals surface area contributed by atoms with Gasteiger partial charge in [0.15, 0.2) is 21.3 Å². The molecule has 1 aromatic rings. The van der Waals surface area contributed by atoms with Crippen LogP contribution in [-0.4, -0.2) is 55.4 Å². The number of sulfone groups is 1. The molecule has 1 aliphatic rings. The molecule has 0 spiro atoms. The summed E-state index contributed by atoms with van der Waals surface area (Å²) in [5.74, 6) is -1.45. The second-order valence-corrected chi connectivity index (χ2v) is 6.63. The molecule has 1 heterocycles. The molecule has 8 heteroatoms. The van der Waals surface area contributed by atoms with Crippen molar-refractivity contribution in [1.82, 2.24) is 0 Å². The van der Waals surface area contributed by atoms with Gasteiger partial charge in [0.05, 0.1) is 24.2 Å². The van der Waals surface area contributed by atoms with Crippen molar-refractivity contribution in [2.75, 3.05) is 18.6 Å². The molecule has 7 nitrogen and oxygen atoms in total. The molecule has 110 valence electrons. The Morgan fingerprint density at radius 2 is 2.00 bits per heavy atom. The molecule has 1 fully saturated rings. The fourth-order valence-electron chi connectivity index (χ4n) is 1.97. The van der Waals surface area contributed by atoms with Gasteiger partial charge in [0.2, 0.25) is 0 Å². The highest BCUT2D eigenvalue weighted by Crippen LogP contribution is 2.31. The van der Waals surface area contributed by atoms with Crippen molar-refractivity contribution in [3.8, 4) is 11.5 Å². The number of aliphatic hydroxyl groups excluding tert-OH is 1. The van der Waals surface area contributed by atoms with Crippen LogP contribution in [0.2, 0.25) is 0 Å². The number of methoxy groups -OCH3 is 1. The van der Waals surface area contributed by atoms with Gasteiger partial charge in [-0.3, -0.25) is 0 Å². The minimum Gasteiger partial charge on any atom is -0.493 e. The first-order chi connectivity index (χ1) is 9.32. The first kappa shape index (κ1) is 14.6. The van der Waals surface area contributed by atoms with E-state index in [1.165, 1.54) is 25.3 Å². The van der Waals surface area contributed by atoms with Crippen molar-refractivity contribution >= 4 is 15.8 Å². The van der Waals surface area contributed by atoms with Crippen molar-refractivity contribution in [2.45, 2.75) is 12.2 Å². The van der Waals surface area contributed by atoms with Crippen LogP contribution in [0.3, 0.4) is 0 Å². The molecule has 2 rings (SSSR count). The lowest BCUT2D eigenvalue weighted by molar-refractivity contribution is 0.0683. The number of ether oxygens (including phenoxy) is 2. The first-order valence-corrected chi connectivity index (χ1v) is 7.61. The summed E-state index contributed by atoms with van der Waals surface area (Å²) in [5.41, 5.74) is -0.0175. The molecule has 0 amide bonds. The van der Waals surface area contributed by atoms with Crippen LogP contribution in [0.25, 0.3) is 0 Å². The van der Waals surface area contributed by atoms with E-state index in [0.717, 1.165) is 0 Å². The quantitative estimate of drug-likeness (QED) is 0.801. The summed E-state index contributed by atoms with van der Waals surface area (Å²) in [7, 11) is -1.96. The molecular formula is C12H14O7S. The van der Waals surface area contributed by atoms with Gasteiger partial charge in [0.1, 0.15) is 12.2 Å². The number of carboxylic acids is 1. The monoisotopic (exact) mass is 302 g/mol. The van der Waals surface area contributed by atoms with Crippen LogP contribution in [0.1, 0.15) is 10.4 Å². The highest BCUT2D eigenvalue weighted by atomic mass is 32.2. The van der Waals surface area contributed by atoms with E-state index in [2.05, 4.69) is 0 Å². The lowest BCUT2D eigenvalue weighted by atomic mass is 10.2. The van der Waals surface area contributed by atoms with E-state index < -0.39 is 28.0 Å². The number of carboxylic acid groups (broad SMARTS) is 1. The van der Waals surface area contributed by atoms with Crippen LogP contribution in [0.5, 0.6) is 11.5 Å². The largest absolute Gasteiger partial charge is 0.493 e. The third-order valence-corrected chi connectivity index (χ3v) is 4.65. The molecule has 0 aromatic heterocycles. The van der Waals surface area contributed by atoms with Crippen molar-refractivity contribution in [3.63, 3.8) is 0 Å². The van der Waals surface area contributed by atoms with Crippen LogP contribution in [0.4, 0.5) is 0 Å². The topological polar surface area (TPSA) is 110 Å². The summed E-state index contributed by atoms with van der Waals surface area (Å²) in [6.07, 6.45) is -2.07. The zero-order chi connectivity index (χ0) is 14.9. The first-order valence-electron chi connectivity index (χ1n) is 5.79. The van der Waals surface area contributed by atoms with E-state index in [0.29, 0.717) is 0 Å². The summed E-state index contributed by atoms with van der Waals surface area (Å²) in [6, 6.07) is 3.99. The number of aromatic carboxylic acids is 1. The summed E-state index contributed by atoms with van der Waals surface area (Å²) in [5, 5.41) is 18.6. The predicted molar refractivity (Wildman–Crippen MR) is 69.0 cm³/mol. The van der Waals surface area contributed by atoms with E-state index in [9.17, 15) is 18.3 Å². The van der Waals surface area contributed by atoms with Gasteiger partial charge in [-0.2, -0.15) is 0 Å². The van der Waals surface area contributed by atoms with Gasteiger partial charge < -0.3 is 19.7 Å². The van der Waals surface area contributed by atoms with Crippen LogP contribution in [0, 0.1) is 0 Å². The van der Waals surface area contributed by atoms with Crippen LogP contribution >= 0.6 is 0 Å². The smallest absolute Gasteiger partial charge is 0.335 e. The molecule has 0 saturated carbocycles. The number of aliphatic hydroxyl groups is 1. The third-order valence-electron chi connectivity index (χ3n) is 2.96. The summed E-state index contributed by atoms with van der Waals surface area (Å²) in [6.45, 7) is 0. The number of carbonyl (C=O) groups is 1. The van der Waals surface area contributed by atoms with Gasteiger partial charge >= 0.3 is 5.97 Å². The van der Waals surface area contributed by atoms with Gasteiger partial charge in [-0.1, -0.05) is 0 Å². The molecule has 2 N–H and O–H groups in total. The number of rotatable bonds is 4. The maximum atomic E-state index is 11.4. The van der Waals surface area contributed by atoms with E-state index in [1.54, 1.807) is 0 Å². The molecule has 2 atom stereocenters. The van der Waals surface area contributed by atoms with Crippen LogP contribution in [-0.2, 0) is 9.84 Å². The number of benzene rings is 1. The SMILES string of the molecule is COc1ccc(C(=O)O)cc1OC1CS(=O)(=O)CC1O. The Balaban J connectivity index is 2.28. The highest BCUT2D eigenvalue weighted by molar-refractivity contribution is 7.91. The predicted octanol–water partition coefficient (Wildman–Crippen LogP) is -0.0699. The Morgan fingerprint density at radius 1 is 1.30 bits per heavy atom. The molecule has 0 bridgehead atoms. The van der Waals surface area contributed by atoms with Gasteiger partial charge in [0, 0.05) is 0 Å². The lowest BCUT2D eigenvalue weighted by Crippen LogP contribution is -2.30. The fraction of sp³-hybridized carbons (Fsp3) is 0.417. The zero-order valence-corrected chi connectivity index (χ0v) is 11.5. The Labute approximate surface area is 115 Å². The highest BCUT2D eigenvalue weighted by Gasteiger charge is 2.38. The third kappa shape index (κ3) is 3.02. The van der Waals surface area contributed by atoms with E-state index in [4.69, 9.17) is 14.6 Å². The maximum absolute atomic E-state index is 11.4. The molecule has 20 heavy (non-hydrogen) atoms. The maximum Gasteiger partial charge on any atom is 0.335 e. The van der Waals surface area contributed by atoms with Crippen molar-refractivity contribution < 1.29 is 32.9 Å². The van der Waals surface area contributed by atoms with E-state index in [1.807, 2.05) is 0 Å². The Kier molecular flexibility index (Phi) is 3.87. The normalized spacial score (nSPS) is 24.3. The summed E-state index contributed by atoms with van der Waals surface area (Å²) >= 11 is 0. The van der Waals surface area contributed by atoms with Crippen molar-refractivity contribution in [1.29, 1.82) is 0 Å². The fourth-order valence-corrected chi connectivity index (χ4v) is 3.64. The van der Waals surface area contributed by atoms with Crippen molar-refractivity contribution in [2.24, 2.45) is 0 Å². The van der Waals surface area contributed by atoms with Gasteiger partial charge in [-0.05, 0) is 18.2 Å². The minimum atomic E-state index is -3.34. The second-order valence-electron chi connectivity index (χ2n) is 4.47. The molecule has 0 aliphatic carbocycles. The summed E-state index contributed by atoms with van der Waals surface area (Å²) in [4.78, 5) is 10.9. The summed E-state index contributed by atoms with van der Waals surface area (Å²) < 4.78 is 33.3. The zero-order valence-electron chi connectivity index (χ0n) is 10.6. The molecule has 0 radical (unpaired) electrons. The van der Waals surface area contributed by atoms with Gasteiger partial charge in [-0.15, -0.1) is 0 Å². The molecule has 1 aliphatic heterocycles. The van der Waals surface area contributed by atoms with Gasteiger partial charge in [-0.25, -0.2) is 13.2 Å². The van der Waals surface area contributed by atoms with Crippen LogP contribution < -0.4 is 9.47 Å². The Hall–Kier alpha value is -1.80. The standard InChI is InChI=1S/C12H14O7S/c1-18-9-3-2-7(12(14)15)4-10(9)19-11-6-20(16,17)5-8(11)13/h2-4,8,11,13H,5-6H2,1H3,(H,14,15). The average Bonchev–Trinajstić information content (AvgIpc) is 2.62.